The lowest BCUT2D eigenvalue weighted by molar-refractivity contribution is 0.0914. The van der Waals surface area contributed by atoms with Gasteiger partial charge in [0.05, 0.1) is 23.1 Å². The standard InChI is InChI=1S/C34H42N8OS2/c1-22-9-11-26(38-21-22)28(20-34(35)13-6-16-41(34)36)42(37)23-10-12-29-31(18-23)44-30-8-5-7-25(33(30)45-29)27-17-24(19-32(43)39-27)40-14-3-2-4-15-40/h5,7-12,17-19,21,28-29,31H,2-4,6,13-16,20,35-37H2,1H3,(H,39,43)/t28?,29?,31?,34-/m0/s1. The summed E-state index contributed by atoms with van der Waals surface area (Å²) in [6.45, 7) is 4.80. The highest BCUT2D eigenvalue weighted by Gasteiger charge is 2.41. The summed E-state index contributed by atoms with van der Waals surface area (Å²) in [6, 6.07) is 14.2. The molecule has 3 aliphatic heterocycles. The number of piperidine rings is 1. The highest BCUT2D eigenvalue weighted by atomic mass is 32.2. The van der Waals surface area contributed by atoms with Gasteiger partial charge in [-0.3, -0.25) is 15.6 Å². The topological polar surface area (TPSA) is 134 Å². The Hall–Kier alpha value is -3.06. The summed E-state index contributed by atoms with van der Waals surface area (Å²) in [5.74, 6) is 13.3. The lowest BCUT2D eigenvalue weighted by Gasteiger charge is -2.40. The Morgan fingerprint density at radius 1 is 1.09 bits per heavy atom. The molecule has 7 N–H and O–H groups in total. The Labute approximate surface area is 273 Å². The summed E-state index contributed by atoms with van der Waals surface area (Å²) in [7, 11) is 0. The molecule has 2 fully saturated rings. The zero-order chi connectivity index (χ0) is 31.1. The van der Waals surface area contributed by atoms with Crippen LogP contribution >= 0.6 is 23.5 Å². The number of allylic oxidation sites excluding steroid dienone is 1. The molecular weight excluding hydrogens is 601 g/mol. The molecule has 11 heteroatoms. The van der Waals surface area contributed by atoms with Crippen molar-refractivity contribution < 1.29 is 0 Å². The quantitative estimate of drug-likeness (QED) is 0.205. The average molecular weight is 643 g/mol. The van der Waals surface area contributed by atoms with Gasteiger partial charge in [-0.2, -0.15) is 0 Å². The average Bonchev–Trinajstić information content (AvgIpc) is 3.39. The van der Waals surface area contributed by atoms with Crippen molar-refractivity contribution >= 4 is 29.2 Å². The van der Waals surface area contributed by atoms with Crippen molar-refractivity contribution in [1.29, 1.82) is 0 Å². The van der Waals surface area contributed by atoms with Crippen LogP contribution in [0.2, 0.25) is 0 Å². The van der Waals surface area contributed by atoms with Crippen LogP contribution < -0.4 is 27.9 Å². The molecule has 7 rings (SSSR count). The number of nitrogens with two attached hydrogens (primary N) is 3. The van der Waals surface area contributed by atoms with Gasteiger partial charge in [-0.25, -0.2) is 10.9 Å². The number of nitrogens with one attached hydrogen (secondary N) is 1. The van der Waals surface area contributed by atoms with Crippen LogP contribution in [-0.4, -0.2) is 55.8 Å². The minimum atomic E-state index is -0.645. The number of nitrogens with zero attached hydrogens (tertiary/aromatic N) is 4. The van der Waals surface area contributed by atoms with Crippen molar-refractivity contribution in [2.24, 2.45) is 17.4 Å². The first kappa shape index (κ1) is 30.6. The van der Waals surface area contributed by atoms with E-state index in [0.29, 0.717) is 6.42 Å². The zero-order valence-electron chi connectivity index (χ0n) is 25.7. The summed E-state index contributed by atoms with van der Waals surface area (Å²) in [6.07, 6.45) is 14.5. The number of pyridine rings is 2. The van der Waals surface area contributed by atoms with E-state index >= 15 is 0 Å². The fraction of sp³-hybridized carbons (Fsp3) is 0.412. The van der Waals surface area contributed by atoms with E-state index < -0.39 is 5.66 Å². The molecule has 1 aliphatic carbocycles. The number of aryl methyl sites for hydroxylation is 1. The molecule has 4 aliphatic rings. The minimum absolute atomic E-state index is 0.0579. The molecule has 45 heavy (non-hydrogen) atoms. The summed E-state index contributed by atoms with van der Waals surface area (Å²) in [5.41, 5.74) is 12.0. The van der Waals surface area contributed by atoms with E-state index in [9.17, 15) is 4.79 Å². The maximum absolute atomic E-state index is 12.8. The third kappa shape index (κ3) is 6.22. The molecule has 3 aromatic rings. The van der Waals surface area contributed by atoms with Crippen molar-refractivity contribution in [3.05, 3.63) is 94.2 Å². The number of benzene rings is 1. The van der Waals surface area contributed by atoms with E-state index in [1.807, 2.05) is 47.7 Å². The van der Waals surface area contributed by atoms with E-state index in [1.165, 1.54) is 29.1 Å². The van der Waals surface area contributed by atoms with Crippen LogP contribution in [0.3, 0.4) is 0 Å². The predicted molar refractivity (Wildman–Crippen MR) is 184 cm³/mol. The molecule has 0 spiro atoms. The number of anilines is 1. The van der Waals surface area contributed by atoms with E-state index in [0.717, 1.165) is 66.4 Å². The van der Waals surface area contributed by atoms with Gasteiger partial charge in [0.25, 0.3) is 0 Å². The van der Waals surface area contributed by atoms with Crippen molar-refractivity contribution in [3.63, 3.8) is 0 Å². The minimum Gasteiger partial charge on any atom is -0.371 e. The molecule has 3 unspecified atom stereocenters. The Balaban J connectivity index is 1.16. The second-order valence-electron chi connectivity index (χ2n) is 12.7. The largest absolute Gasteiger partial charge is 0.371 e. The van der Waals surface area contributed by atoms with E-state index in [4.69, 9.17) is 22.4 Å². The number of fused-ring (bicyclic) bond motifs is 2. The number of aromatic nitrogens is 2. The van der Waals surface area contributed by atoms with Crippen LogP contribution in [0.25, 0.3) is 11.3 Å². The molecule has 9 nitrogen and oxygen atoms in total. The van der Waals surface area contributed by atoms with Gasteiger partial charge in [0, 0.05) is 75.6 Å². The highest BCUT2D eigenvalue weighted by Crippen LogP contribution is 2.51. The van der Waals surface area contributed by atoms with Gasteiger partial charge < -0.3 is 20.6 Å². The monoisotopic (exact) mass is 642 g/mol. The molecule has 5 heterocycles. The first-order chi connectivity index (χ1) is 21.8. The van der Waals surface area contributed by atoms with Gasteiger partial charge in [-0.05, 0) is 74.9 Å². The normalized spacial score (nSPS) is 25.4. The summed E-state index contributed by atoms with van der Waals surface area (Å²) < 4.78 is 0. The Morgan fingerprint density at radius 2 is 1.93 bits per heavy atom. The Morgan fingerprint density at radius 3 is 2.69 bits per heavy atom. The van der Waals surface area contributed by atoms with E-state index in [-0.39, 0.29) is 22.1 Å². The van der Waals surface area contributed by atoms with Gasteiger partial charge in [0.2, 0.25) is 5.56 Å². The van der Waals surface area contributed by atoms with Crippen LogP contribution in [0.1, 0.15) is 55.8 Å². The molecule has 0 saturated carbocycles. The molecule has 1 aromatic carbocycles. The number of hydrazine groups is 2. The van der Waals surface area contributed by atoms with Crippen molar-refractivity contribution in [2.75, 3.05) is 24.5 Å². The summed E-state index contributed by atoms with van der Waals surface area (Å²) in [5, 5.41) is 4.02. The van der Waals surface area contributed by atoms with Crippen LogP contribution in [0.15, 0.2) is 87.2 Å². The first-order valence-electron chi connectivity index (χ1n) is 15.9. The molecule has 0 radical (unpaired) electrons. The number of aromatic amines is 1. The fourth-order valence-corrected chi connectivity index (χ4v) is 9.77. The van der Waals surface area contributed by atoms with Crippen molar-refractivity contribution in [2.45, 2.75) is 77.4 Å². The molecule has 0 bridgehead atoms. The predicted octanol–water partition coefficient (Wildman–Crippen LogP) is 5.06. The lowest BCUT2D eigenvalue weighted by atomic mass is 9.95. The van der Waals surface area contributed by atoms with Crippen LogP contribution in [0.5, 0.6) is 0 Å². The van der Waals surface area contributed by atoms with Gasteiger partial charge in [0.15, 0.2) is 0 Å². The van der Waals surface area contributed by atoms with E-state index in [2.05, 4.69) is 58.4 Å². The number of hydrogen-bond acceptors (Lipinski definition) is 10. The van der Waals surface area contributed by atoms with Gasteiger partial charge in [-0.15, -0.1) is 23.5 Å². The third-order valence-electron chi connectivity index (χ3n) is 9.49. The van der Waals surface area contributed by atoms with E-state index in [1.54, 1.807) is 11.1 Å². The van der Waals surface area contributed by atoms with Gasteiger partial charge in [0.1, 0.15) is 0 Å². The van der Waals surface area contributed by atoms with Gasteiger partial charge in [-0.1, -0.05) is 24.3 Å². The Bertz CT molecular complexity index is 1670. The lowest BCUT2D eigenvalue weighted by Crippen LogP contribution is -2.57. The fourth-order valence-electron chi connectivity index (χ4n) is 6.91. The molecule has 236 valence electrons. The van der Waals surface area contributed by atoms with Crippen LogP contribution in [0, 0.1) is 6.92 Å². The second-order valence-corrected chi connectivity index (χ2v) is 15.1. The third-order valence-corrected chi connectivity index (χ3v) is 12.5. The summed E-state index contributed by atoms with van der Waals surface area (Å²) >= 11 is 3.70. The number of thioether (sulfide) groups is 2. The van der Waals surface area contributed by atoms with Crippen LogP contribution in [-0.2, 0) is 0 Å². The molecule has 0 amide bonds. The number of H-pyrrole nitrogens is 1. The van der Waals surface area contributed by atoms with Crippen molar-refractivity contribution in [3.8, 4) is 11.3 Å². The number of hydrogen-bond donors (Lipinski definition) is 4. The molecule has 2 aromatic heterocycles. The zero-order valence-corrected chi connectivity index (χ0v) is 27.3. The highest BCUT2D eigenvalue weighted by molar-refractivity contribution is 8.06. The molecule has 2 saturated heterocycles. The second kappa shape index (κ2) is 12.6. The summed E-state index contributed by atoms with van der Waals surface area (Å²) in [4.78, 5) is 25.4. The maximum Gasteiger partial charge on any atom is 0.250 e. The molecule has 4 atom stereocenters. The Kier molecular flexibility index (Phi) is 8.58. The van der Waals surface area contributed by atoms with Crippen LogP contribution in [0.4, 0.5) is 5.69 Å². The van der Waals surface area contributed by atoms with Crippen molar-refractivity contribution in [1.82, 2.24) is 20.0 Å². The maximum atomic E-state index is 12.8. The smallest absolute Gasteiger partial charge is 0.250 e. The van der Waals surface area contributed by atoms with Gasteiger partial charge >= 0.3 is 0 Å². The SMILES string of the molecule is Cc1ccc(C(C[C@]2(N)CCCN2N)N(N)C2=CC3Sc4cccc(-c5cc(N6CCCCC6)cc(=O)[nH]5)c4SC3C=C2)nc1. The first-order valence-corrected chi connectivity index (χ1v) is 17.7. The number of rotatable bonds is 7. The molecular formula is C34H42N8OS2.